The molecule has 1 atom stereocenters. The van der Waals surface area contributed by atoms with Crippen LogP contribution in [0.2, 0.25) is 0 Å². The predicted molar refractivity (Wildman–Crippen MR) is 66.7 cm³/mol. The van der Waals surface area contributed by atoms with Gasteiger partial charge in [-0.1, -0.05) is 6.07 Å². The van der Waals surface area contributed by atoms with Crippen LogP contribution >= 0.6 is 0 Å². The highest BCUT2D eigenvalue weighted by Gasteiger charge is 2.24. The number of nitrogens with two attached hydrogens (primary N) is 1. The Kier molecular flexibility index (Phi) is 4.46. The Hall–Kier alpha value is -2.57. The Morgan fingerprint density at radius 1 is 1.37 bits per heavy atom. The molecule has 0 fully saturated rings. The molecule has 19 heavy (non-hydrogen) atoms. The number of aromatic hydroxyl groups is 1. The minimum Gasteiger partial charge on any atom is -0.506 e. The SMILES string of the molecule is CC(=O)N[C@@H](CC(=O)c1cccc(O)c1N)C(=O)O. The van der Waals surface area contributed by atoms with E-state index in [9.17, 15) is 19.5 Å². The average molecular weight is 266 g/mol. The second-order valence-corrected chi connectivity index (χ2v) is 3.96. The fraction of sp³-hybridized carbons (Fsp3) is 0.250. The number of carboxylic acids is 1. The van der Waals surface area contributed by atoms with Crippen LogP contribution in [0.3, 0.4) is 0 Å². The second-order valence-electron chi connectivity index (χ2n) is 3.96. The highest BCUT2D eigenvalue weighted by molar-refractivity contribution is 6.04. The number of carbonyl (C=O) groups excluding carboxylic acids is 2. The lowest BCUT2D eigenvalue weighted by Crippen LogP contribution is -2.41. The Bertz CT molecular complexity index is 527. The van der Waals surface area contributed by atoms with E-state index in [-0.39, 0.29) is 17.0 Å². The van der Waals surface area contributed by atoms with Crippen molar-refractivity contribution in [2.45, 2.75) is 19.4 Å². The van der Waals surface area contributed by atoms with E-state index in [1.165, 1.54) is 18.2 Å². The van der Waals surface area contributed by atoms with Gasteiger partial charge in [-0.3, -0.25) is 9.59 Å². The van der Waals surface area contributed by atoms with Crippen molar-refractivity contribution in [3.05, 3.63) is 23.8 Å². The van der Waals surface area contributed by atoms with Crippen LogP contribution in [0.4, 0.5) is 5.69 Å². The predicted octanol–water partition coefficient (Wildman–Crippen LogP) is 0.137. The van der Waals surface area contributed by atoms with Crippen molar-refractivity contribution >= 4 is 23.3 Å². The number of rotatable bonds is 5. The number of aliphatic carboxylic acids is 1. The van der Waals surface area contributed by atoms with Crippen molar-refractivity contribution in [2.24, 2.45) is 0 Å². The maximum atomic E-state index is 11.9. The highest BCUT2D eigenvalue weighted by Crippen LogP contribution is 2.24. The van der Waals surface area contributed by atoms with Gasteiger partial charge >= 0.3 is 5.97 Å². The molecule has 0 saturated carbocycles. The van der Waals surface area contributed by atoms with Crippen molar-refractivity contribution in [1.82, 2.24) is 5.32 Å². The van der Waals surface area contributed by atoms with Crippen molar-refractivity contribution in [1.29, 1.82) is 0 Å². The molecule has 1 rings (SSSR count). The van der Waals surface area contributed by atoms with Gasteiger partial charge in [-0.05, 0) is 12.1 Å². The number of amides is 1. The second kappa shape index (κ2) is 5.85. The number of benzene rings is 1. The molecule has 0 spiro atoms. The number of hydrogen-bond acceptors (Lipinski definition) is 5. The molecule has 7 nitrogen and oxygen atoms in total. The summed E-state index contributed by atoms with van der Waals surface area (Å²) in [6, 6.07) is 2.79. The minimum atomic E-state index is -1.33. The summed E-state index contributed by atoms with van der Waals surface area (Å²) < 4.78 is 0. The van der Waals surface area contributed by atoms with Gasteiger partial charge in [-0.25, -0.2) is 4.79 Å². The van der Waals surface area contributed by atoms with E-state index in [1.807, 2.05) is 0 Å². The molecule has 0 aliphatic rings. The first-order valence-electron chi connectivity index (χ1n) is 5.43. The number of ketones is 1. The monoisotopic (exact) mass is 266 g/mol. The van der Waals surface area contributed by atoms with Crippen molar-refractivity contribution in [2.75, 3.05) is 5.73 Å². The highest BCUT2D eigenvalue weighted by atomic mass is 16.4. The van der Waals surface area contributed by atoms with Gasteiger partial charge in [0.2, 0.25) is 5.91 Å². The van der Waals surface area contributed by atoms with Gasteiger partial charge in [0.15, 0.2) is 5.78 Å². The molecule has 0 aliphatic heterocycles. The molecule has 7 heteroatoms. The quantitative estimate of drug-likeness (QED) is 0.340. The molecule has 0 saturated heterocycles. The van der Waals surface area contributed by atoms with Gasteiger partial charge in [0.1, 0.15) is 11.8 Å². The zero-order chi connectivity index (χ0) is 14.6. The Balaban J connectivity index is 2.91. The third kappa shape index (κ3) is 3.70. The lowest BCUT2D eigenvalue weighted by atomic mass is 10.0. The lowest BCUT2D eigenvalue weighted by Gasteiger charge is -2.13. The van der Waals surface area contributed by atoms with E-state index < -0.39 is 30.1 Å². The molecule has 5 N–H and O–H groups in total. The van der Waals surface area contributed by atoms with Gasteiger partial charge < -0.3 is 21.3 Å². The van der Waals surface area contributed by atoms with E-state index in [4.69, 9.17) is 10.8 Å². The number of phenolic OH excluding ortho intramolecular Hbond substituents is 1. The van der Waals surface area contributed by atoms with Gasteiger partial charge in [-0.15, -0.1) is 0 Å². The summed E-state index contributed by atoms with van der Waals surface area (Å²) in [5, 5.41) is 20.4. The number of nitrogens with one attached hydrogen (secondary N) is 1. The normalized spacial score (nSPS) is 11.6. The molecule has 1 amide bonds. The van der Waals surface area contributed by atoms with Crippen LogP contribution in [0.1, 0.15) is 23.7 Å². The number of para-hydroxylation sites is 1. The number of nitrogen functional groups attached to an aromatic ring is 1. The molecule has 102 valence electrons. The van der Waals surface area contributed by atoms with E-state index in [2.05, 4.69) is 5.32 Å². The van der Waals surface area contributed by atoms with Gasteiger partial charge in [0.05, 0.1) is 5.69 Å². The van der Waals surface area contributed by atoms with Crippen LogP contribution in [-0.2, 0) is 9.59 Å². The van der Waals surface area contributed by atoms with Crippen LogP contribution in [0.15, 0.2) is 18.2 Å². The van der Waals surface area contributed by atoms with Gasteiger partial charge in [0.25, 0.3) is 0 Å². The van der Waals surface area contributed by atoms with Gasteiger partial charge in [-0.2, -0.15) is 0 Å². The topological polar surface area (TPSA) is 130 Å². The molecular weight excluding hydrogens is 252 g/mol. The smallest absolute Gasteiger partial charge is 0.326 e. The lowest BCUT2D eigenvalue weighted by molar-refractivity contribution is -0.141. The number of hydrogen-bond donors (Lipinski definition) is 4. The third-order valence-electron chi connectivity index (χ3n) is 2.45. The molecular formula is C12H14N2O5. The zero-order valence-electron chi connectivity index (χ0n) is 10.2. The summed E-state index contributed by atoms with van der Waals surface area (Å²) in [7, 11) is 0. The van der Waals surface area contributed by atoms with E-state index >= 15 is 0 Å². The molecule has 0 radical (unpaired) electrons. The van der Waals surface area contributed by atoms with Crippen LogP contribution in [-0.4, -0.2) is 33.9 Å². The molecule has 0 bridgehead atoms. The van der Waals surface area contributed by atoms with Crippen LogP contribution in [0.5, 0.6) is 5.75 Å². The Morgan fingerprint density at radius 3 is 2.53 bits per heavy atom. The van der Waals surface area contributed by atoms with E-state index in [0.29, 0.717) is 0 Å². The summed E-state index contributed by atoms with van der Waals surface area (Å²) in [4.78, 5) is 33.7. The minimum absolute atomic E-state index is 0.0246. The van der Waals surface area contributed by atoms with Crippen molar-refractivity contribution < 1.29 is 24.6 Å². The van der Waals surface area contributed by atoms with Gasteiger partial charge in [0, 0.05) is 18.9 Å². The third-order valence-corrected chi connectivity index (χ3v) is 2.45. The Morgan fingerprint density at radius 2 is 2.00 bits per heavy atom. The average Bonchev–Trinajstić information content (AvgIpc) is 2.31. The fourth-order valence-corrected chi connectivity index (χ4v) is 1.54. The van der Waals surface area contributed by atoms with E-state index in [1.54, 1.807) is 0 Å². The zero-order valence-corrected chi connectivity index (χ0v) is 10.2. The van der Waals surface area contributed by atoms with Crippen LogP contribution < -0.4 is 11.1 Å². The first-order chi connectivity index (χ1) is 8.82. The van der Waals surface area contributed by atoms with Crippen LogP contribution in [0.25, 0.3) is 0 Å². The first kappa shape index (κ1) is 14.5. The Labute approximate surface area is 109 Å². The largest absolute Gasteiger partial charge is 0.506 e. The van der Waals surface area contributed by atoms with E-state index in [0.717, 1.165) is 6.92 Å². The molecule has 0 heterocycles. The summed E-state index contributed by atoms with van der Waals surface area (Å²) in [5.74, 6) is -2.70. The number of carboxylic acid groups (broad SMARTS) is 1. The summed E-state index contributed by atoms with van der Waals surface area (Å²) in [6.07, 6.45) is -0.442. The number of anilines is 1. The van der Waals surface area contributed by atoms with Crippen molar-refractivity contribution in [3.63, 3.8) is 0 Å². The number of carbonyl (C=O) groups is 3. The molecule has 0 unspecified atom stereocenters. The molecule has 0 aromatic heterocycles. The standard InChI is InChI=1S/C12H14N2O5/c1-6(15)14-8(12(18)19)5-10(17)7-3-2-4-9(16)11(7)13/h2-4,8,16H,5,13H2,1H3,(H,14,15)(H,18,19)/t8-/m0/s1. The molecule has 1 aromatic carbocycles. The summed E-state index contributed by atoms with van der Waals surface area (Å²) in [6.45, 7) is 1.16. The number of phenols is 1. The first-order valence-corrected chi connectivity index (χ1v) is 5.43. The maximum Gasteiger partial charge on any atom is 0.326 e. The summed E-state index contributed by atoms with van der Waals surface area (Å²) >= 11 is 0. The fourth-order valence-electron chi connectivity index (χ4n) is 1.54. The molecule has 0 aliphatic carbocycles. The van der Waals surface area contributed by atoms with Crippen LogP contribution in [0, 0.1) is 0 Å². The summed E-state index contributed by atoms with van der Waals surface area (Å²) in [5.41, 5.74) is 5.44. The maximum absolute atomic E-state index is 11.9. The van der Waals surface area contributed by atoms with Crippen molar-refractivity contribution in [3.8, 4) is 5.75 Å². The molecule has 1 aromatic rings. The number of Topliss-reactive ketones (excluding diaryl/α,β-unsaturated/α-hetero) is 1.